The highest BCUT2D eigenvalue weighted by molar-refractivity contribution is 6.00. The van der Waals surface area contributed by atoms with E-state index >= 15 is 0 Å². The smallest absolute Gasteiger partial charge is 0.250 e. The second-order valence-corrected chi connectivity index (χ2v) is 3.39. The summed E-state index contributed by atoms with van der Waals surface area (Å²) in [5.41, 5.74) is 0. The van der Waals surface area contributed by atoms with Crippen molar-refractivity contribution in [1.29, 1.82) is 0 Å². The molecule has 0 unspecified atom stereocenters. The molecule has 0 radical (unpaired) electrons. The molecule has 0 spiro atoms. The number of carbonyl (C=O) groups is 3. The van der Waals surface area contributed by atoms with E-state index in [9.17, 15) is 14.4 Å². The van der Waals surface area contributed by atoms with Crippen LogP contribution >= 0.6 is 0 Å². The zero-order valence-electron chi connectivity index (χ0n) is 10.9. The molecule has 1 heterocycles. The summed E-state index contributed by atoms with van der Waals surface area (Å²) in [6.07, 6.45) is 3.02. The predicted octanol–water partition coefficient (Wildman–Crippen LogP) is 0.245. The van der Waals surface area contributed by atoms with E-state index in [1.165, 1.54) is 0 Å². The van der Waals surface area contributed by atoms with Gasteiger partial charge in [-0.1, -0.05) is 19.7 Å². The number of hydrogen-bond acceptors (Lipinski definition) is 6. The number of carbonyl (C=O) groups excluding carboxylic acids is 3. The second-order valence-electron chi connectivity index (χ2n) is 3.39. The van der Waals surface area contributed by atoms with E-state index in [4.69, 9.17) is 0 Å². The molecular formula is C12H12N6O3. The maximum absolute atomic E-state index is 11.2. The maximum Gasteiger partial charge on any atom is 0.250 e. The molecule has 0 aliphatic rings. The topological polar surface area (TPSA) is 126 Å². The molecule has 1 aromatic rings. The Labute approximate surface area is 119 Å². The Balaban J connectivity index is 3.11. The van der Waals surface area contributed by atoms with Crippen LogP contribution in [0.15, 0.2) is 38.0 Å². The quantitative estimate of drug-likeness (QED) is 0.644. The average Bonchev–Trinajstić information content (AvgIpc) is 2.46. The van der Waals surface area contributed by atoms with Crippen LogP contribution in [0.3, 0.4) is 0 Å². The van der Waals surface area contributed by atoms with Crippen molar-refractivity contribution in [1.82, 2.24) is 15.0 Å². The van der Waals surface area contributed by atoms with Crippen molar-refractivity contribution in [3.05, 3.63) is 38.0 Å². The van der Waals surface area contributed by atoms with Crippen molar-refractivity contribution in [2.24, 2.45) is 0 Å². The summed E-state index contributed by atoms with van der Waals surface area (Å²) in [5.74, 6) is -2.22. The molecule has 0 saturated heterocycles. The van der Waals surface area contributed by atoms with E-state index in [1.807, 2.05) is 0 Å². The molecule has 0 aliphatic heterocycles. The van der Waals surface area contributed by atoms with E-state index in [2.05, 4.69) is 50.6 Å². The first-order valence-corrected chi connectivity index (χ1v) is 5.54. The van der Waals surface area contributed by atoms with E-state index in [1.54, 1.807) is 0 Å². The fraction of sp³-hybridized carbons (Fsp3) is 0. The second kappa shape index (κ2) is 7.28. The number of hydrogen-bond donors (Lipinski definition) is 3. The fourth-order valence-corrected chi connectivity index (χ4v) is 1.03. The van der Waals surface area contributed by atoms with Gasteiger partial charge in [-0.3, -0.25) is 30.3 Å². The van der Waals surface area contributed by atoms with Gasteiger partial charge in [0, 0.05) is 0 Å². The highest BCUT2D eigenvalue weighted by atomic mass is 16.2. The van der Waals surface area contributed by atoms with Crippen LogP contribution in [-0.2, 0) is 14.4 Å². The van der Waals surface area contributed by atoms with Crippen LogP contribution in [-0.4, -0.2) is 32.7 Å². The molecule has 9 heteroatoms. The van der Waals surface area contributed by atoms with Gasteiger partial charge in [-0.05, 0) is 18.2 Å². The number of rotatable bonds is 6. The van der Waals surface area contributed by atoms with Crippen molar-refractivity contribution in [3.8, 4) is 0 Å². The lowest BCUT2D eigenvalue weighted by Crippen LogP contribution is -2.18. The van der Waals surface area contributed by atoms with Gasteiger partial charge >= 0.3 is 0 Å². The van der Waals surface area contributed by atoms with Gasteiger partial charge in [-0.2, -0.15) is 15.0 Å². The summed E-state index contributed by atoms with van der Waals surface area (Å²) in [6, 6.07) is 0. The van der Waals surface area contributed by atoms with Crippen LogP contribution in [0, 0.1) is 0 Å². The van der Waals surface area contributed by atoms with Gasteiger partial charge in [-0.25, -0.2) is 0 Å². The first-order chi connectivity index (χ1) is 9.98. The molecule has 0 bridgehead atoms. The molecule has 3 N–H and O–H groups in total. The van der Waals surface area contributed by atoms with Crippen molar-refractivity contribution >= 4 is 35.6 Å². The van der Waals surface area contributed by atoms with Crippen LogP contribution in [0.5, 0.6) is 0 Å². The van der Waals surface area contributed by atoms with Crippen LogP contribution in [0.2, 0.25) is 0 Å². The van der Waals surface area contributed by atoms with Crippen LogP contribution in [0.25, 0.3) is 0 Å². The third-order valence-corrected chi connectivity index (χ3v) is 1.90. The minimum absolute atomic E-state index is 0.173. The lowest BCUT2D eigenvalue weighted by atomic mass is 10.5. The molecule has 3 amide bonds. The number of anilines is 3. The summed E-state index contributed by atoms with van der Waals surface area (Å²) in [7, 11) is 0. The number of aromatic nitrogens is 3. The first-order valence-electron chi connectivity index (χ1n) is 5.54. The lowest BCUT2D eigenvalue weighted by Gasteiger charge is -2.07. The minimum Gasteiger partial charge on any atom is -0.291 e. The van der Waals surface area contributed by atoms with Gasteiger partial charge in [0.25, 0.3) is 0 Å². The normalized spacial score (nSPS) is 9.14. The largest absolute Gasteiger partial charge is 0.291 e. The molecule has 0 aromatic carbocycles. The van der Waals surface area contributed by atoms with E-state index in [0.29, 0.717) is 0 Å². The van der Waals surface area contributed by atoms with Crippen molar-refractivity contribution in [2.45, 2.75) is 0 Å². The first kappa shape index (κ1) is 15.7. The zero-order valence-corrected chi connectivity index (χ0v) is 10.9. The predicted molar refractivity (Wildman–Crippen MR) is 76.3 cm³/mol. The van der Waals surface area contributed by atoms with Crippen molar-refractivity contribution < 1.29 is 14.4 Å². The third kappa shape index (κ3) is 5.03. The maximum atomic E-state index is 11.2. The summed E-state index contributed by atoms with van der Waals surface area (Å²) < 4.78 is 0. The van der Waals surface area contributed by atoms with Gasteiger partial charge in [0.2, 0.25) is 35.6 Å². The Bertz CT molecular complexity index is 527. The molecule has 21 heavy (non-hydrogen) atoms. The van der Waals surface area contributed by atoms with Gasteiger partial charge in [-0.15, -0.1) is 0 Å². The zero-order chi connectivity index (χ0) is 15.8. The number of nitrogens with one attached hydrogen (secondary N) is 3. The minimum atomic E-state index is -0.566. The van der Waals surface area contributed by atoms with Crippen LogP contribution in [0.4, 0.5) is 17.8 Å². The summed E-state index contributed by atoms with van der Waals surface area (Å²) in [6.45, 7) is 9.83. The number of nitrogens with zero attached hydrogens (tertiary/aromatic N) is 3. The molecular weight excluding hydrogens is 276 g/mol. The molecule has 108 valence electrons. The Hall–Kier alpha value is -3.36. The molecule has 9 nitrogen and oxygen atoms in total. The summed E-state index contributed by atoms with van der Waals surface area (Å²) in [5, 5.41) is 6.84. The fourth-order valence-electron chi connectivity index (χ4n) is 1.03. The van der Waals surface area contributed by atoms with Gasteiger partial charge in [0.15, 0.2) is 0 Å². The van der Waals surface area contributed by atoms with Crippen molar-refractivity contribution in [3.63, 3.8) is 0 Å². The van der Waals surface area contributed by atoms with Crippen molar-refractivity contribution in [2.75, 3.05) is 16.0 Å². The third-order valence-electron chi connectivity index (χ3n) is 1.90. The van der Waals surface area contributed by atoms with Gasteiger partial charge in [0.1, 0.15) is 0 Å². The highest BCUT2D eigenvalue weighted by Gasteiger charge is 2.10. The monoisotopic (exact) mass is 288 g/mol. The van der Waals surface area contributed by atoms with Crippen LogP contribution in [0.1, 0.15) is 0 Å². The number of amides is 3. The molecule has 0 fully saturated rings. The van der Waals surface area contributed by atoms with Gasteiger partial charge in [0.05, 0.1) is 0 Å². The van der Waals surface area contributed by atoms with E-state index in [-0.39, 0.29) is 17.8 Å². The molecule has 0 atom stereocenters. The summed E-state index contributed by atoms with van der Waals surface area (Å²) >= 11 is 0. The molecule has 0 saturated carbocycles. The van der Waals surface area contributed by atoms with Gasteiger partial charge < -0.3 is 0 Å². The summed E-state index contributed by atoms with van der Waals surface area (Å²) in [4.78, 5) is 45.0. The standard InChI is InChI=1S/C12H12N6O3/c1-4-7(19)13-10-16-11(14-8(20)5-2)18-12(17-10)15-9(21)6-3/h4-6H,1-3H2,(H3,13,14,15,16,17,18,19,20,21). The SMILES string of the molecule is C=CC(=O)Nc1nc(NC(=O)C=C)nc(NC(=O)C=C)n1. The Morgan fingerprint density at radius 2 is 0.905 bits per heavy atom. The molecule has 1 rings (SSSR count). The Kier molecular flexibility index (Phi) is 5.44. The lowest BCUT2D eigenvalue weighted by molar-refractivity contribution is -0.112. The van der Waals surface area contributed by atoms with E-state index in [0.717, 1.165) is 18.2 Å². The average molecular weight is 288 g/mol. The van der Waals surface area contributed by atoms with Crippen LogP contribution < -0.4 is 16.0 Å². The van der Waals surface area contributed by atoms with E-state index < -0.39 is 17.7 Å². The Morgan fingerprint density at radius 1 is 0.667 bits per heavy atom. The Morgan fingerprint density at radius 3 is 1.10 bits per heavy atom. The highest BCUT2D eigenvalue weighted by Crippen LogP contribution is 2.09. The molecule has 1 aromatic heterocycles. The molecule has 0 aliphatic carbocycles.